The van der Waals surface area contributed by atoms with Gasteiger partial charge >= 0.3 is 0 Å². The van der Waals surface area contributed by atoms with Gasteiger partial charge in [-0.1, -0.05) is 0 Å². The molecular weight excluding hydrogens is 418 g/mol. The Morgan fingerprint density at radius 2 is 1.62 bits per heavy atom. The van der Waals surface area contributed by atoms with Crippen molar-refractivity contribution in [2.45, 2.75) is 18.7 Å². The van der Waals surface area contributed by atoms with Crippen molar-refractivity contribution in [3.63, 3.8) is 0 Å². The molecule has 0 unspecified atom stereocenters. The van der Waals surface area contributed by atoms with Crippen molar-refractivity contribution in [1.29, 1.82) is 0 Å². The first-order chi connectivity index (χ1) is 13.5. The molecule has 10 nitrogen and oxygen atoms in total. The second-order valence-electron chi connectivity index (χ2n) is 6.91. The topological polar surface area (TPSA) is 133 Å². The number of benzene rings is 1. The highest BCUT2D eigenvalue weighted by Crippen LogP contribution is 2.23. The van der Waals surface area contributed by atoms with E-state index < -0.39 is 20.0 Å². The quantitative estimate of drug-likeness (QED) is 0.696. The molecule has 158 valence electrons. The van der Waals surface area contributed by atoms with Crippen LogP contribution >= 0.6 is 0 Å². The number of nitrogens with zero attached hydrogens (tertiary/aromatic N) is 3. The molecule has 0 aliphatic carbocycles. The number of aromatic amines is 1. The van der Waals surface area contributed by atoms with E-state index in [1.165, 1.54) is 28.6 Å². The molecule has 0 radical (unpaired) electrons. The lowest BCUT2D eigenvalue weighted by Crippen LogP contribution is -2.50. The number of amides is 1. The number of aromatic nitrogens is 2. The third-order valence-corrected chi connectivity index (χ3v) is 7.39. The molecular formula is C17H23N5O5S2. The molecule has 1 amide bonds. The zero-order chi connectivity index (χ0) is 21.4. The zero-order valence-electron chi connectivity index (χ0n) is 16.3. The summed E-state index contributed by atoms with van der Waals surface area (Å²) in [4.78, 5) is 14.5. The van der Waals surface area contributed by atoms with Crippen LogP contribution in [0.1, 0.15) is 21.7 Å². The van der Waals surface area contributed by atoms with Crippen molar-refractivity contribution in [2.75, 3.05) is 37.2 Å². The lowest BCUT2D eigenvalue weighted by molar-refractivity contribution is 0.0698. The maximum absolute atomic E-state index is 12.9. The van der Waals surface area contributed by atoms with Crippen LogP contribution < -0.4 is 4.72 Å². The molecule has 0 atom stereocenters. The molecule has 1 aliphatic rings. The van der Waals surface area contributed by atoms with Gasteiger partial charge in [0.05, 0.1) is 17.6 Å². The zero-order valence-corrected chi connectivity index (χ0v) is 18.0. The first-order valence-corrected chi connectivity index (χ1v) is 12.2. The average Bonchev–Trinajstić information content (AvgIpc) is 2.99. The van der Waals surface area contributed by atoms with Crippen molar-refractivity contribution >= 4 is 31.6 Å². The van der Waals surface area contributed by atoms with Gasteiger partial charge in [-0.3, -0.25) is 14.6 Å². The second kappa shape index (κ2) is 7.76. The molecule has 29 heavy (non-hydrogen) atoms. The number of piperazine rings is 1. The molecule has 1 aromatic heterocycles. The van der Waals surface area contributed by atoms with Crippen molar-refractivity contribution in [2.24, 2.45) is 0 Å². The summed E-state index contributed by atoms with van der Waals surface area (Å²) in [6.07, 6.45) is 1.05. The van der Waals surface area contributed by atoms with Crippen LogP contribution in [0.4, 0.5) is 5.69 Å². The van der Waals surface area contributed by atoms with Crippen LogP contribution in [0.3, 0.4) is 0 Å². The van der Waals surface area contributed by atoms with E-state index in [1.807, 2.05) is 0 Å². The average molecular weight is 442 g/mol. The standard InChI is InChI=1S/C17H23N5O5S2/c1-12-16(13(2)19-18-12)29(26,27)22-10-8-21(9-11-22)17(23)14-4-6-15(7-5-14)20-28(3,24)25/h4-7,20H,8-11H2,1-3H3,(H,18,19). The van der Waals surface area contributed by atoms with E-state index in [9.17, 15) is 21.6 Å². The predicted molar refractivity (Wildman–Crippen MR) is 108 cm³/mol. The van der Waals surface area contributed by atoms with Crippen LogP contribution in [-0.2, 0) is 20.0 Å². The number of sulfonamides is 2. The molecule has 1 fully saturated rings. The monoisotopic (exact) mass is 441 g/mol. The number of anilines is 1. The maximum Gasteiger partial charge on any atom is 0.253 e. The van der Waals surface area contributed by atoms with Gasteiger partial charge in [0.25, 0.3) is 5.91 Å². The van der Waals surface area contributed by atoms with E-state index in [-0.39, 0.29) is 37.0 Å². The van der Waals surface area contributed by atoms with E-state index >= 15 is 0 Å². The van der Waals surface area contributed by atoms with Gasteiger partial charge in [0, 0.05) is 37.4 Å². The Balaban J connectivity index is 1.67. The van der Waals surface area contributed by atoms with Crippen LogP contribution in [0.25, 0.3) is 0 Å². The Morgan fingerprint density at radius 3 is 2.10 bits per heavy atom. The Labute approximate surface area is 170 Å². The van der Waals surface area contributed by atoms with E-state index in [4.69, 9.17) is 0 Å². The molecule has 0 saturated carbocycles. The summed E-state index contributed by atoms with van der Waals surface area (Å²) in [6.45, 7) is 4.19. The molecule has 1 aromatic carbocycles. The van der Waals surface area contributed by atoms with Gasteiger partial charge in [-0.05, 0) is 38.1 Å². The van der Waals surface area contributed by atoms with E-state index in [2.05, 4.69) is 14.9 Å². The highest BCUT2D eigenvalue weighted by Gasteiger charge is 2.33. The highest BCUT2D eigenvalue weighted by molar-refractivity contribution is 7.92. The molecule has 2 aromatic rings. The number of carbonyl (C=O) groups is 1. The van der Waals surface area contributed by atoms with Gasteiger partial charge in [-0.25, -0.2) is 16.8 Å². The fourth-order valence-electron chi connectivity index (χ4n) is 3.26. The maximum atomic E-state index is 12.9. The van der Waals surface area contributed by atoms with Crippen LogP contribution in [0, 0.1) is 13.8 Å². The lowest BCUT2D eigenvalue weighted by Gasteiger charge is -2.34. The van der Waals surface area contributed by atoms with Gasteiger partial charge in [-0.15, -0.1) is 0 Å². The van der Waals surface area contributed by atoms with Gasteiger partial charge in [0.2, 0.25) is 20.0 Å². The number of nitrogens with one attached hydrogen (secondary N) is 2. The Morgan fingerprint density at radius 1 is 1.03 bits per heavy atom. The number of hydrogen-bond donors (Lipinski definition) is 2. The van der Waals surface area contributed by atoms with Gasteiger partial charge in [0.1, 0.15) is 4.90 Å². The van der Waals surface area contributed by atoms with Crippen molar-refractivity contribution in [3.05, 3.63) is 41.2 Å². The number of H-pyrrole nitrogens is 1. The van der Waals surface area contributed by atoms with E-state index in [0.29, 0.717) is 22.6 Å². The Hall–Kier alpha value is -2.44. The number of aryl methyl sites for hydroxylation is 2. The minimum Gasteiger partial charge on any atom is -0.336 e. The predicted octanol–water partition coefficient (Wildman–Crippen LogP) is 0.545. The molecule has 1 saturated heterocycles. The smallest absolute Gasteiger partial charge is 0.253 e. The number of rotatable bonds is 5. The second-order valence-corrected chi connectivity index (χ2v) is 10.5. The fourth-order valence-corrected chi connectivity index (χ4v) is 5.58. The molecule has 1 aliphatic heterocycles. The van der Waals surface area contributed by atoms with E-state index in [0.717, 1.165) is 6.26 Å². The van der Waals surface area contributed by atoms with Crippen molar-refractivity contribution < 1.29 is 21.6 Å². The first kappa shape index (κ1) is 21.3. The van der Waals surface area contributed by atoms with Crippen LogP contribution in [0.15, 0.2) is 29.2 Å². The number of carbonyl (C=O) groups excluding carboxylic acids is 1. The van der Waals surface area contributed by atoms with E-state index in [1.54, 1.807) is 18.7 Å². The third-order valence-electron chi connectivity index (χ3n) is 4.62. The Kier molecular flexibility index (Phi) is 5.70. The first-order valence-electron chi connectivity index (χ1n) is 8.88. The van der Waals surface area contributed by atoms with Crippen LogP contribution in [0.2, 0.25) is 0 Å². The fraction of sp³-hybridized carbons (Fsp3) is 0.412. The van der Waals surface area contributed by atoms with Crippen molar-refractivity contribution in [3.8, 4) is 0 Å². The summed E-state index contributed by atoms with van der Waals surface area (Å²) < 4.78 is 52.0. The minimum absolute atomic E-state index is 0.186. The third kappa shape index (κ3) is 4.60. The SMILES string of the molecule is Cc1n[nH]c(C)c1S(=O)(=O)N1CCN(C(=O)c2ccc(NS(C)(=O)=O)cc2)CC1. The van der Waals surface area contributed by atoms with Crippen LogP contribution in [-0.4, -0.2) is 74.6 Å². The molecule has 0 spiro atoms. The minimum atomic E-state index is -3.68. The van der Waals surface area contributed by atoms with Gasteiger partial charge < -0.3 is 4.90 Å². The van der Waals surface area contributed by atoms with Gasteiger partial charge in [0.15, 0.2) is 0 Å². The lowest BCUT2D eigenvalue weighted by atomic mass is 10.1. The largest absolute Gasteiger partial charge is 0.336 e. The number of hydrogen-bond acceptors (Lipinski definition) is 6. The summed E-state index contributed by atoms with van der Waals surface area (Å²) in [5, 5.41) is 6.64. The van der Waals surface area contributed by atoms with Crippen LogP contribution in [0.5, 0.6) is 0 Å². The molecule has 0 bridgehead atoms. The normalized spacial score (nSPS) is 16.0. The molecule has 12 heteroatoms. The molecule has 3 rings (SSSR count). The Bertz CT molecular complexity index is 1100. The summed E-state index contributed by atoms with van der Waals surface area (Å²) in [7, 11) is -7.07. The summed E-state index contributed by atoms with van der Waals surface area (Å²) in [5.41, 5.74) is 1.68. The van der Waals surface area contributed by atoms with Gasteiger partial charge in [-0.2, -0.15) is 9.40 Å². The van der Waals surface area contributed by atoms with Crippen molar-refractivity contribution in [1.82, 2.24) is 19.4 Å². The highest BCUT2D eigenvalue weighted by atomic mass is 32.2. The molecule has 2 N–H and O–H groups in total. The summed E-state index contributed by atoms with van der Waals surface area (Å²) in [6, 6.07) is 6.10. The summed E-state index contributed by atoms with van der Waals surface area (Å²) >= 11 is 0. The summed E-state index contributed by atoms with van der Waals surface area (Å²) in [5.74, 6) is -0.233. The molecule has 2 heterocycles.